The average molecular weight is 242 g/mol. The van der Waals surface area contributed by atoms with Gasteiger partial charge in [-0.25, -0.2) is 0 Å². The highest BCUT2D eigenvalue weighted by Gasteiger charge is 2.45. The Morgan fingerprint density at radius 1 is 1.56 bits per heavy atom. The summed E-state index contributed by atoms with van der Waals surface area (Å²) < 4.78 is 0. The standard InChI is InChI=1S/C12H22N2OS/c1-2-6-14-12(9-13,11-4-5-11)10-16-8-3-7-15/h11,14-15H,2-8,10H2,1H3. The molecule has 92 valence electrons. The molecule has 1 atom stereocenters. The van der Waals surface area contributed by atoms with Crippen LogP contribution >= 0.6 is 11.8 Å². The summed E-state index contributed by atoms with van der Waals surface area (Å²) in [5.74, 6) is 2.35. The first-order chi connectivity index (χ1) is 7.79. The Balaban J connectivity index is 2.39. The highest BCUT2D eigenvalue weighted by molar-refractivity contribution is 7.99. The average Bonchev–Trinajstić information content (AvgIpc) is 3.13. The molecule has 1 aliphatic carbocycles. The summed E-state index contributed by atoms with van der Waals surface area (Å²) in [6.45, 7) is 3.30. The van der Waals surface area contributed by atoms with Crippen LogP contribution in [0.15, 0.2) is 0 Å². The molecule has 1 unspecified atom stereocenters. The second-order valence-electron chi connectivity index (χ2n) is 4.41. The van der Waals surface area contributed by atoms with Crippen LogP contribution in [-0.2, 0) is 0 Å². The Morgan fingerprint density at radius 2 is 2.31 bits per heavy atom. The molecule has 2 N–H and O–H groups in total. The van der Waals surface area contributed by atoms with Gasteiger partial charge in [0.25, 0.3) is 0 Å². The number of rotatable bonds is 9. The highest BCUT2D eigenvalue weighted by atomic mass is 32.2. The topological polar surface area (TPSA) is 56.0 Å². The molecule has 0 aromatic heterocycles. The third-order valence-corrected chi connectivity index (χ3v) is 4.18. The molecule has 0 saturated heterocycles. The first-order valence-electron chi connectivity index (χ1n) is 6.14. The summed E-state index contributed by atoms with van der Waals surface area (Å²) in [5.41, 5.74) is -0.309. The molecule has 16 heavy (non-hydrogen) atoms. The summed E-state index contributed by atoms with van der Waals surface area (Å²) in [7, 11) is 0. The molecule has 0 aromatic rings. The van der Waals surface area contributed by atoms with Gasteiger partial charge in [-0.3, -0.25) is 5.32 Å². The molecule has 1 fully saturated rings. The molecule has 0 bridgehead atoms. The second-order valence-corrected chi connectivity index (χ2v) is 5.52. The van der Waals surface area contributed by atoms with E-state index in [0.29, 0.717) is 5.92 Å². The number of aliphatic hydroxyl groups excluding tert-OH is 1. The van der Waals surface area contributed by atoms with Crippen LogP contribution in [0.1, 0.15) is 32.6 Å². The van der Waals surface area contributed by atoms with Gasteiger partial charge >= 0.3 is 0 Å². The molecular formula is C12H22N2OS. The quantitative estimate of drug-likeness (QED) is 0.605. The fourth-order valence-corrected chi connectivity index (χ4v) is 3.00. The molecule has 0 amide bonds. The van der Waals surface area contributed by atoms with Crippen LogP contribution in [-0.4, -0.2) is 35.3 Å². The Morgan fingerprint density at radius 3 is 2.81 bits per heavy atom. The molecule has 1 rings (SSSR count). The first-order valence-corrected chi connectivity index (χ1v) is 7.29. The number of thioether (sulfide) groups is 1. The van der Waals surface area contributed by atoms with Crippen LogP contribution in [0.4, 0.5) is 0 Å². The van der Waals surface area contributed by atoms with Gasteiger partial charge in [0.2, 0.25) is 0 Å². The summed E-state index contributed by atoms with van der Waals surface area (Å²) in [6.07, 6.45) is 4.26. The molecule has 0 radical (unpaired) electrons. The van der Waals surface area contributed by atoms with Crippen molar-refractivity contribution in [1.82, 2.24) is 5.32 Å². The predicted molar refractivity (Wildman–Crippen MR) is 68.4 cm³/mol. The molecule has 0 aromatic carbocycles. The van der Waals surface area contributed by atoms with E-state index in [-0.39, 0.29) is 12.1 Å². The summed E-state index contributed by atoms with van der Waals surface area (Å²) in [6, 6.07) is 2.49. The van der Waals surface area contributed by atoms with Crippen LogP contribution in [0.5, 0.6) is 0 Å². The number of nitriles is 1. The van der Waals surface area contributed by atoms with E-state index in [9.17, 15) is 5.26 Å². The largest absolute Gasteiger partial charge is 0.396 e. The zero-order valence-electron chi connectivity index (χ0n) is 10.0. The maximum Gasteiger partial charge on any atom is 0.118 e. The lowest BCUT2D eigenvalue weighted by atomic mass is 9.97. The minimum atomic E-state index is -0.309. The van der Waals surface area contributed by atoms with Crippen molar-refractivity contribution < 1.29 is 5.11 Å². The summed E-state index contributed by atoms with van der Waals surface area (Å²) in [5, 5.41) is 21.5. The van der Waals surface area contributed by atoms with Crippen LogP contribution in [0.25, 0.3) is 0 Å². The van der Waals surface area contributed by atoms with Gasteiger partial charge in [0, 0.05) is 12.4 Å². The van der Waals surface area contributed by atoms with Crippen LogP contribution in [0.2, 0.25) is 0 Å². The van der Waals surface area contributed by atoms with Gasteiger partial charge in [-0.05, 0) is 43.9 Å². The smallest absolute Gasteiger partial charge is 0.118 e. The predicted octanol–water partition coefficient (Wildman–Crippen LogP) is 1.77. The van der Waals surface area contributed by atoms with E-state index in [4.69, 9.17) is 5.11 Å². The van der Waals surface area contributed by atoms with Crippen molar-refractivity contribution in [2.45, 2.75) is 38.1 Å². The van der Waals surface area contributed by atoms with E-state index >= 15 is 0 Å². The number of nitrogens with one attached hydrogen (secondary N) is 1. The number of aliphatic hydroxyl groups is 1. The van der Waals surface area contributed by atoms with Gasteiger partial charge in [0.05, 0.1) is 6.07 Å². The maximum absolute atomic E-state index is 9.39. The molecular weight excluding hydrogens is 220 g/mol. The lowest BCUT2D eigenvalue weighted by Crippen LogP contribution is -2.48. The maximum atomic E-state index is 9.39. The molecule has 1 aliphatic rings. The van der Waals surface area contributed by atoms with Crippen LogP contribution in [0.3, 0.4) is 0 Å². The minimum Gasteiger partial charge on any atom is -0.396 e. The molecule has 3 nitrogen and oxygen atoms in total. The van der Waals surface area contributed by atoms with E-state index in [0.717, 1.165) is 30.9 Å². The van der Waals surface area contributed by atoms with Gasteiger partial charge in [-0.1, -0.05) is 6.92 Å². The lowest BCUT2D eigenvalue weighted by molar-refractivity contribution is 0.296. The van der Waals surface area contributed by atoms with Crippen molar-refractivity contribution in [2.24, 2.45) is 5.92 Å². The SMILES string of the molecule is CCCNC(C#N)(CSCCCO)C1CC1. The van der Waals surface area contributed by atoms with Crippen molar-refractivity contribution >= 4 is 11.8 Å². The third kappa shape index (κ3) is 3.97. The van der Waals surface area contributed by atoms with Crippen molar-refractivity contribution in [1.29, 1.82) is 5.26 Å². The van der Waals surface area contributed by atoms with E-state index in [1.807, 2.05) is 0 Å². The van der Waals surface area contributed by atoms with Gasteiger partial charge in [0.15, 0.2) is 0 Å². The summed E-state index contributed by atoms with van der Waals surface area (Å²) in [4.78, 5) is 0. The van der Waals surface area contributed by atoms with Crippen LogP contribution in [0, 0.1) is 17.2 Å². The third-order valence-electron chi connectivity index (χ3n) is 2.94. The van der Waals surface area contributed by atoms with Crippen molar-refractivity contribution in [3.63, 3.8) is 0 Å². The van der Waals surface area contributed by atoms with Gasteiger partial charge in [0.1, 0.15) is 5.54 Å². The highest BCUT2D eigenvalue weighted by Crippen LogP contribution is 2.41. The van der Waals surface area contributed by atoms with Crippen molar-refractivity contribution in [3.05, 3.63) is 0 Å². The van der Waals surface area contributed by atoms with Gasteiger partial charge < -0.3 is 5.11 Å². The van der Waals surface area contributed by atoms with Gasteiger partial charge in [-0.15, -0.1) is 0 Å². The lowest BCUT2D eigenvalue weighted by Gasteiger charge is -2.27. The monoisotopic (exact) mass is 242 g/mol. The number of nitrogens with zero attached hydrogens (tertiary/aromatic N) is 1. The second kappa shape index (κ2) is 7.16. The molecule has 4 heteroatoms. The fraction of sp³-hybridized carbons (Fsp3) is 0.917. The Kier molecular flexibility index (Phi) is 6.18. The molecule has 1 saturated carbocycles. The van der Waals surface area contributed by atoms with E-state index in [1.54, 1.807) is 11.8 Å². The Bertz CT molecular complexity index is 238. The normalized spacial score (nSPS) is 19.1. The zero-order chi connectivity index (χ0) is 11.9. The van der Waals surface area contributed by atoms with E-state index in [1.165, 1.54) is 12.8 Å². The molecule has 0 spiro atoms. The van der Waals surface area contributed by atoms with Crippen molar-refractivity contribution in [3.8, 4) is 6.07 Å². The van der Waals surface area contributed by atoms with Crippen molar-refractivity contribution in [2.75, 3.05) is 24.7 Å². The first kappa shape index (κ1) is 13.8. The fourth-order valence-electron chi connectivity index (χ4n) is 1.80. The number of hydrogen-bond donors (Lipinski definition) is 2. The van der Waals surface area contributed by atoms with Crippen LogP contribution < -0.4 is 5.32 Å². The van der Waals surface area contributed by atoms with E-state index < -0.39 is 0 Å². The summed E-state index contributed by atoms with van der Waals surface area (Å²) >= 11 is 1.78. The van der Waals surface area contributed by atoms with Gasteiger partial charge in [-0.2, -0.15) is 17.0 Å². The minimum absolute atomic E-state index is 0.248. The number of hydrogen-bond acceptors (Lipinski definition) is 4. The Hall–Kier alpha value is -0.240. The molecule has 0 heterocycles. The van der Waals surface area contributed by atoms with E-state index in [2.05, 4.69) is 18.3 Å². The molecule has 0 aliphatic heterocycles. The zero-order valence-corrected chi connectivity index (χ0v) is 10.9. The Labute approximate surface area is 103 Å².